The fourth-order valence-electron chi connectivity index (χ4n) is 3.78. The van der Waals surface area contributed by atoms with Gasteiger partial charge in [0.2, 0.25) is 0 Å². The number of methoxy groups -OCH3 is 2. The molecule has 1 atom stereocenters. The number of amides is 2. The van der Waals surface area contributed by atoms with Gasteiger partial charge in [0.05, 0.1) is 37.5 Å². The van der Waals surface area contributed by atoms with Crippen LogP contribution in [0.1, 0.15) is 33.4 Å². The lowest BCUT2D eigenvalue weighted by atomic mass is 9.95. The molecule has 0 spiro atoms. The number of rotatable bonds is 4. The highest BCUT2D eigenvalue weighted by Gasteiger charge is 2.36. The SMILES string of the molecule is COC(=O)c1ccc(OC)c(NC(=O)N2CCc3[nH]cnc3[C@H]2c2cccc(F)c2F)c1. The maximum Gasteiger partial charge on any atom is 0.337 e. The van der Waals surface area contributed by atoms with Crippen LogP contribution in [0.15, 0.2) is 42.7 Å². The predicted octanol–water partition coefficient (Wildman–Crippen LogP) is 3.66. The van der Waals surface area contributed by atoms with E-state index in [4.69, 9.17) is 9.47 Å². The zero-order chi connectivity index (χ0) is 22.8. The smallest absolute Gasteiger partial charge is 0.337 e. The molecule has 1 aromatic heterocycles. The number of aromatic nitrogens is 2. The number of carbonyl (C=O) groups is 2. The molecule has 2 heterocycles. The first-order valence-corrected chi connectivity index (χ1v) is 9.74. The topological polar surface area (TPSA) is 96.5 Å². The number of ether oxygens (including phenoxy) is 2. The van der Waals surface area contributed by atoms with E-state index in [9.17, 15) is 18.4 Å². The molecule has 2 aromatic carbocycles. The number of esters is 1. The van der Waals surface area contributed by atoms with Crippen molar-refractivity contribution >= 4 is 17.7 Å². The number of urea groups is 1. The van der Waals surface area contributed by atoms with Crippen molar-refractivity contribution in [2.24, 2.45) is 0 Å². The number of hydrogen-bond donors (Lipinski definition) is 2. The van der Waals surface area contributed by atoms with Gasteiger partial charge in [-0.1, -0.05) is 12.1 Å². The van der Waals surface area contributed by atoms with Gasteiger partial charge in [0.1, 0.15) is 11.8 Å². The van der Waals surface area contributed by atoms with Crippen LogP contribution in [0, 0.1) is 11.6 Å². The molecule has 1 aliphatic heterocycles. The van der Waals surface area contributed by atoms with Crippen molar-refractivity contribution in [2.45, 2.75) is 12.5 Å². The Balaban J connectivity index is 1.71. The minimum atomic E-state index is -1.04. The van der Waals surface area contributed by atoms with Gasteiger partial charge in [0, 0.05) is 24.2 Å². The number of H-pyrrole nitrogens is 1. The van der Waals surface area contributed by atoms with Crippen LogP contribution in [0.3, 0.4) is 0 Å². The molecule has 0 saturated carbocycles. The highest BCUT2D eigenvalue weighted by molar-refractivity contribution is 5.95. The van der Waals surface area contributed by atoms with E-state index in [0.29, 0.717) is 17.9 Å². The summed E-state index contributed by atoms with van der Waals surface area (Å²) >= 11 is 0. The number of carbonyl (C=O) groups excluding carboxylic acids is 2. The fraction of sp³-hybridized carbons (Fsp3) is 0.227. The average Bonchev–Trinajstić information content (AvgIpc) is 3.28. The van der Waals surface area contributed by atoms with Crippen molar-refractivity contribution in [1.29, 1.82) is 0 Å². The monoisotopic (exact) mass is 442 g/mol. The number of anilines is 1. The summed E-state index contributed by atoms with van der Waals surface area (Å²) in [6.45, 7) is 0.223. The number of nitrogens with zero attached hydrogens (tertiary/aromatic N) is 2. The van der Waals surface area contributed by atoms with Crippen LogP contribution in [-0.4, -0.2) is 47.6 Å². The van der Waals surface area contributed by atoms with Gasteiger partial charge in [-0.25, -0.2) is 23.4 Å². The van der Waals surface area contributed by atoms with E-state index in [0.717, 1.165) is 11.8 Å². The summed E-state index contributed by atoms with van der Waals surface area (Å²) in [5, 5.41) is 2.71. The summed E-state index contributed by atoms with van der Waals surface area (Å²) < 4.78 is 38.7. The molecule has 166 valence electrons. The second kappa shape index (κ2) is 8.66. The molecule has 1 aliphatic rings. The normalized spacial score (nSPS) is 15.1. The Kier molecular flexibility index (Phi) is 5.76. The maximum absolute atomic E-state index is 14.7. The molecule has 0 aliphatic carbocycles. The van der Waals surface area contributed by atoms with Crippen LogP contribution in [0.5, 0.6) is 5.75 Å². The lowest BCUT2D eigenvalue weighted by Gasteiger charge is -2.35. The average molecular weight is 442 g/mol. The highest BCUT2D eigenvalue weighted by Crippen LogP contribution is 2.36. The third-order valence-corrected chi connectivity index (χ3v) is 5.32. The Morgan fingerprint density at radius 1 is 1.22 bits per heavy atom. The minimum absolute atomic E-state index is 0.0107. The number of imidazole rings is 1. The molecule has 2 amide bonds. The van der Waals surface area contributed by atoms with Gasteiger partial charge in [0.25, 0.3) is 0 Å². The van der Waals surface area contributed by atoms with E-state index < -0.39 is 29.7 Å². The summed E-state index contributed by atoms with van der Waals surface area (Å²) in [5.41, 5.74) is 1.61. The van der Waals surface area contributed by atoms with Crippen LogP contribution in [0.4, 0.5) is 19.3 Å². The van der Waals surface area contributed by atoms with Crippen molar-refractivity contribution in [2.75, 3.05) is 26.1 Å². The van der Waals surface area contributed by atoms with Crippen LogP contribution < -0.4 is 10.1 Å². The number of benzene rings is 2. The van der Waals surface area contributed by atoms with Gasteiger partial charge in [-0.3, -0.25) is 0 Å². The van der Waals surface area contributed by atoms with E-state index in [2.05, 4.69) is 15.3 Å². The largest absolute Gasteiger partial charge is 0.495 e. The molecule has 0 unspecified atom stereocenters. The van der Waals surface area contributed by atoms with Crippen molar-refractivity contribution in [1.82, 2.24) is 14.9 Å². The zero-order valence-corrected chi connectivity index (χ0v) is 17.3. The Hall–Kier alpha value is -3.95. The summed E-state index contributed by atoms with van der Waals surface area (Å²) in [6, 6.07) is 6.73. The van der Waals surface area contributed by atoms with Crippen LogP contribution in [0.2, 0.25) is 0 Å². The molecule has 0 fully saturated rings. The van der Waals surface area contributed by atoms with Gasteiger partial charge in [-0.15, -0.1) is 0 Å². The lowest BCUT2D eigenvalue weighted by molar-refractivity contribution is 0.0600. The molecule has 2 N–H and O–H groups in total. The second-order valence-electron chi connectivity index (χ2n) is 7.09. The van der Waals surface area contributed by atoms with Crippen LogP contribution in [0.25, 0.3) is 0 Å². The van der Waals surface area contributed by atoms with E-state index in [-0.39, 0.29) is 23.4 Å². The van der Waals surface area contributed by atoms with Gasteiger partial charge in [-0.05, 0) is 24.3 Å². The van der Waals surface area contributed by atoms with E-state index in [1.807, 2.05) is 0 Å². The zero-order valence-electron chi connectivity index (χ0n) is 17.3. The number of hydrogen-bond acceptors (Lipinski definition) is 5. The van der Waals surface area contributed by atoms with E-state index in [1.165, 1.54) is 55.8 Å². The number of halogens is 2. The minimum Gasteiger partial charge on any atom is -0.495 e. The molecular formula is C22H20F2N4O4. The van der Waals surface area contributed by atoms with Crippen LogP contribution in [-0.2, 0) is 11.2 Å². The standard InChI is InChI=1S/C22H20F2N4O4/c1-31-17-7-6-12(21(29)32-2)10-16(17)27-22(30)28-9-8-15-19(26-11-25-15)20(28)13-4-3-5-14(23)18(13)24/h3-7,10-11,20H,8-9H2,1-2H3,(H,25,26)(H,27,30)/t20-/m1/s1. The third-order valence-electron chi connectivity index (χ3n) is 5.32. The summed E-state index contributed by atoms with van der Waals surface area (Å²) in [6.07, 6.45) is 1.91. The molecule has 32 heavy (non-hydrogen) atoms. The second-order valence-corrected chi connectivity index (χ2v) is 7.09. The van der Waals surface area contributed by atoms with Crippen molar-refractivity contribution in [3.63, 3.8) is 0 Å². The number of nitrogens with one attached hydrogen (secondary N) is 2. The first-order chi connectivity index (χ1) is 15.4. The Morgan fingerprint density at radius 3 is 2.78 bits per heavy atom. The third kappa shape index (κ3) is 3.75. The van der Waals surface area contributed by atoms with Gasteiger partial charge < -0.3 is 24.7 Å². The fourth-order valence-corrected chi connectivity index (χ4v) is 3.78. The molecule has 4 rings (SSSR count). The van der Waals surface area contributed by atoms with Gasteiger partial charge in [0.15, 0.2) is 11.6 Å². The first kappa shape index (κ1) is 21.3. The summed E-state index contributed by atoms with van der Waals surface area (Å²) in [4.78, 5) is 33.8. The van der Waals surface area contributed by atoms with Crippen molar-refractivity contribution in [3.05, 3.63) is 76.9 Å². The highest BCUT2D eigenvalue weighted by atomic mass is 19.2. The number of fused-ring (bicyclic) bond motifs is 1. The van der Waals surface area contributed by atoms with E-state index in [1.54, 1.807) is 0 Å². The van der Waals surface area contributed by atoms with Gasteiger partial charge in [-0.2, -0.15) is 0 Å². The molecule has 3 aromatic rings. The Labute approximate surface area is 182 Å². The van der Waals surface area contributed by atoms with Crippen LogP contribution >= 0.6 is 0 Å². The number of aromatic amines is 1. The quantitative estimate of drug-likeness (QED) is 0.601. The molecule has 0 radical (unpaired) electrons. The molecule has 8 nitrogen and oxygen atoms in total. The molecule has 0 saturated heterocycles. The molecule has 0 bridgehead atoms. The maximum atomic E-state index is 14.7. The first-order valence-electron chi connectivity index (χ1n) is 9.74. The molecular weight excluding hydrogens is 422 g/mol. The summed E-state index contributed by atoms with van der Waals surface area (Å²) in [7, 11) is 2.67. The van der Waals surface area contributed by atoms with Gasteiger partial charge >= 0.3 is 12.0 Å². The lowest BCUT2D eigenvalue weighted by Crippen LogP contribution is -2.43. The van der Waals surface area contributed by atoms with Crippen molar-refractivity contribution < 1.29 is 27.8 Å². The predicted molar refractivity (Wildman–Crippen MR) is 111 cm³/mol. The Morgan fingerprint density at radius 2 is 2.03 bits per heavy atom. The molecule has 10 heteroatoms. The Bertz CT molecular complexity index is 1180. The van der Waals surface area contributed by atoms with Crippen molar-refractivity contribution in [3.8, 4) is 5.75 Å². The summed E-state index contributed by atoms with van der Waals surface area (Å²) in [5.74, 6) is -2.33. The van der Waals surface area contributed by atoms with E-state index >= 15 is 0 Å².